The molecule has 2 rings (SSSR count). The van der Waals surface area contributed by atoms with E-state index in [4.69, 9.17) is 11.6 Å². The maximum absolute atomic E-state index is 13.7. The van der Waals surface area contributed by atoms with E-state index in [-0.39, 0.29) is 16.6 Å². The number of hydrogen-bond acceptors (Lipinski definition) is 2. The summed E-state index contributed by atoms with van der Waals surface area (Å²) >= 11 is 5.90. The predicted octanol–water partition coefficient (Wildman–Crippen LogP) is 3.08. The lowest BCUT2D eigenvalue weighted by Crippen LogP contribution is -2.45. The lowest BCUT2D eigenvalue weighted by molar-refractivity contribution is 0.0907. The van der Waals surface area contributed by atoms with Crippen LogP contribution in [0.2, 0.25) is 5.02 Å². The Morgan fingerprint density at radius 3 is 2.75 bits per heavy atom. The highest BCUT2D eigenvalue weighted by Gasteiger charge is 2.23. The van der Waals surface area contributed by atoms with E-state index in [1.54, 1.807) is 0 Å². The van der Waals surface area contributed by atoms with E-state index in [1.165, 1.54) is 18.2 Å². The number of rotatable bonds is 4. The van der Waals surface area contributed by atoms with Crippen LogP contribution in [0.15, 0.2) is 18.2 Å². The van der Waals surface area contributed by atoms with Gasteiger partial charge in [-0.3, -0.25) is 4.79 Å². The van der Waals surface area contributed by atoms with E-state index in [1.807, 2.05) is 0 Å². The molecule has 110 valence electrons. The third kappa shape index (κ3) is 3.70. The number of piperidine rings is 1. The first kappa shape index (κ1) is 15.3. The van der Waals surface area contributed by atoms with Crippen LogP contribution in [0.5, 0.6) is 0 Å². The minimum absolute atomic E-state index is 0.0508. The average molecular weight is 299 g/mol. The van der Waals surface area contributed by atoms with Crippen LogP contribution in [-0.4, -0.2) is 36.5 Å². The summed E-state index contributed by atoms with van der Waals surface area (Å²) in [5.41, 5.74) is -0.0508. The zero-order valence-electron chi connectivity index (χ0n) is 11.7. The molecule has 0 aliphatic carbocycles. The third-order valence-corrected chi connectivity index (χ3v) is 3.97. The van der Waals surface area contributed by atoms with Crippen molar-refractivity contribution in [2.75, 3.05) is 19.6 Å². The number of nitrogens with zero attached hydrogens (tertiary/aromatic N) is 1. The highest BCUT2D eigenvalue weighted by atomic mass is 35.5. The summed E-state index contributed by atoms with van der Waals surface area (Å²) in [6.45, 7) is 5.21. The van der Waals surface area contributed by atoms with Crippen LogP contribution < -0.4 is 5.32 Å². The normalized spacial score (nSPS) is 17.1. The molecule has 1 amide bonds. The van der Waals surface area contributed by atoms with Gasteiger partial charge in [0.05, 0.1) is 10.6 Å². The smallest absolute Gasteiger partial charge is 0.255 e. The van der Waals surface area contributed by atoms with Gasteiger partial charge < -0.3 is 10.2 Å². The lowest BCUT2D eigenvalue weighted by Gasteiger charge is -2.32. The van der Waals surface area contributed by atoms with Crippen LogP contribution in [0, 0.1) is 5.82 Å². The molecular weight excluding hydrogens is 279 g/mol. The highest BCUT2D eigenvalue weighted by Crippen LogP contribution is 2.20. The van der Waals surface area contributed by atoms with Crippen molar-refractivity contribution in [3.8, 4) is 0 Å². The molecule has 5 heteroatoms. The summed E-state index contributed by atoms with van der Waals surface area (Å²) in [5, 5.41) is 3.05. The largest absolute Gasteiger partial charge is 0.349 e. The van der Waals surface area contributed by atoms with E-state index in [0.29, 0.717) is 0 Å². The maximum atomic E-state index is 13.7. The fourth-order valence-electron chi connectivity index (χ4n) is 2.59. The van der Waals surface area contributed by atoms with Gasteiger partial charge in [-0.25, -0.2) is 4.39 Å². The predicted molar refractivity (Wildman–Crippen MR) is 78.6 cm³/mol. The maximum Gasteiger partial charge on any atom is 0.255 e. The lowest BCUT2D eigenvalue weighted by atomic mass is 10.0. The summed E-state index contributed by atoms with van der Waals surface area (Å²) in [6, 6.07) is 4.39. The molecule has 0 aromatic heterocycles. The van der Waals surface area contributed by atoms with Crippen molar-refractivity contribution in [1.29, 1.82) is 0 Å². The molecule has 1 aromatic rings. The van der Waals surface area contributed by atoms with E-state index in [0.717, 1.165) is 38.9 Å². The molecule has 1 fully saturated rings. The number of likely N-dealkylation sites (tertiary alicyclic amines) is 1. The molecule has 1 N–H and O–H groups in total. The number of amides is 1. The summed E-state index contributed by atoms with van der Waals surface area (Å²) in [5.74, 6) is -0.986. The van der Waals surface area contributed by atoms with Gasteiger partial charge in [-0.1, -0.05) is 24.6 Å². The van der Waals surface area contributed by atoms with Crippen molar-refractivity contribution in [1.82, 2.24) is 10.2 Å². The van der Waals surface area contributed by atoms with Gasteiger partial charge in [0.25, 0.3) is 5.91 Å². The number of carbonyl (C=O) groups excluding carboxylic acids is 1. The zero-order chi connectivity index (χ0) is 14.5. The van der Waals surface area contributed by atoms with Gasteiger partial charge in [0.15, 0.2) is 0 Å². The van der Waals surface area contributed by atoms with Crippen molar-refractivity contribution in [2.24, 2.45) is 0 Å². The third-order valence-electron chi connectivity index (χ3n) is 3.65. The molecule has 0 atom stereocenters. The fourth-order valence-corrected chi connectivity index (χ4v) is 2.84. The Bertz CT molecular complexity index is 453. The molecular formula is C15H20ClFN2O. The van der Waals surface area contributed by atoms with E-state index in [9.17, 15) is 9.18 Å². The van der Waals surface area contributed by atoms with Crippen molar-refractivity contribution < 1.29 is 9.18 Å². The number of carbonyl (C=O) groups is 1. The molecule has 0 saturated carbocycles. The van der Waals surface area contributed by atoms with Gasteiger partial charge in [0.2, 0.25) is 0 Å². The van der Waals surface area contributed by atoms with Gasteiger partial charge in [-0.15, -0.1) is 0 Å². The van der Waals surface area contributed by atoms with Gasteiger partial charge in [0.1, 0.15) is 5.82 Å². The standard InChI is InChI=1S/C15H20ClFN2O/c1-2-8-19-9-6-11(7-10-19)18-15(20)14-12(16)4-3-5-13(14)17/h3-5,11H,2,6-10H2,1H3,(H,18,20). The second-order valence-corrected chi connectivity index (χ2v) is 5.59. The van der Waals surface area contributed by atoms with Gasteiger partial charge in [-0.05, 0) is 37.9 Å². The van der Waals surface area contributed by atoms with Gasteiger partial charge in [-0.2, -0.15) is 0 Å². The first-order chi connectivity index (χ1) is 9.61. The minimum Gasteiger partial charge on any atom is -0.349 e. The number of halogens is 2. The quantitative estimate of drug-likeness (QED) is 0.926. The van der Waals surface area contributed by atoms with Crippen LogP contribution in [-0.2, 0) is 0 Å². The van der Waals surface area contributed by atoms with Crippen LogP contribution >= 0.6 is 11.6 Å². The minimum atomic E-state index is -0.571. The van der Waals surface area contributed by atoms with Crippen molar-refractivity contribution >= 4 is 17.5 Å². The summed E-state index contributed by atoms with van der Waals surface area (Å²) in [7, 11) is 0. The first-order valence-electron chi connectivity index (χ1n) is 7.09. The molecule has 1 aliphatic heterocycles. The average Bonchev–Trinajstić information content (AvgIpc) is 2.41. The Hall–Kier alpha value is -1.13. The molecule has 0 unspecified atom stereocenters. The molecule has 1 aliphatic rings. The summed E-state index contributed by atoms with van der Waals surface area (Å²) in [4.78, 5) is 14.5. The second-order valence-electron chi connectivity index (χ2n) is 5.19. The molecule has 3 nitrogen and oxygen atoms in total. The van der Waals surface area contributed by atoms with E-state index < -0.39 is 11.7 Å². The zero-order valence-corrected chi connectivity index (χ0v) is 12.4. The van der Waals surface area contributed by atoms with Crippen molar-refractivity contribution in [3.05, 3.63) is 34.6 Å². The molecule has 0 bridgehead atoms. The Kier molecular flexibility index (Phi) is 5.38. The molecule has 0 radical (unpaired) electrons. The van der Waals surface area contributed by atoms with Crippen molar-refractivity contribution in [2.45, 2.75) is 32.2 Å². The first-order valence-corrected chi connectivity index (χ1v) is 7.47. The van der Waals surface area contributed by atoms with E-state index in [2.05, 4.69) is 17.1 Å². The Balaban J connectivity index is 1.93. The molecule has 20 heavy (non-hydrogen) atoms. The summed E-state index contributed by atoms with van der Waals surface area (Å²) in [6.07, 6.45) is 2.94. The topological polar surface area (TPSA) is 32.3 Å². The van der Waals surface area contributed by atoms with Crippen LogP contribution in [0.3, 0.4) is 0 Å². The SMILES string of the molecule is CCCN1CCC(NC(=O)c2c(F)cccc2Cl)CC1. The Morgan fingerprint density at radius 1 is 1.45 bits per heavy atom. The number of benzene rings is 1. The molecule has 1 heterocycles. The Morgan fingerprint density at radius 2 is 2.15 bits per heavy atom. The van der Waals surface area contributed by atoms with Gasteiger partial charge >= 0.3 is 0 Å². The number of nitrogens with one attached hydrogen (secondary N) is 1. The van der Waals surface area contributed by atoms with Crippen LogP contribution in [0.25, 0.3) is 0 Å². The monoisotopic (exact) mass is 298 g/mol. The molecule has 1 saturated heterocycles. The Labute approximate surface area is 124 Å². The summed E-state index contributed by atoms with van der Waals surface area (Å²) < 4.78 is 13.7. The van der Waals surface area contributed by atoms with Gasteiger partial charge in [0, 0.05) is 19.1 Å². The van der Waals surface area contributed by atoms with Crippen LogP contribution in [0.4, 0.5) is 4.39 Å². The molecule has 1 aromatic carbocycles. The van der Waals surface area contributed by atoms with Crippen LogP contribution in [0.1, 0.15) is 36.5 Å². The molecule has 0 spiro atoms. The van der Waals surface area contributed by atoms with E-state index >= 15 is 0 Å². The second kappa shape index (κ2) is 7.04. The highest BCUT2D eigenvalue weighted by molar-refractivity contribution is 6.33. The number of hydrogen-bond donors (Lipinski definition) is 1. The van der Waals surface area contributed by atoms with Crippen molar-refractivity contribution in [3.63, 3.8) is 0 Å². The fraction of sp³-hybridized carbons (Fsp3) is 0.533.